The Labute approximate surface area is 114 Å². The zero-order valence-electron chi connectivity index (χ0n) is 11.8. The molecule has 2 rings (SSSR count). The molecule has 1 aromatic rings. The van der Waals surface area contributed by atoms with E-state index in [1.54, 1.807) is 18.3 Å². The molecular weight excluding hydrogens is 262 g/mol. The molecule has 5 nitrogen and oxygen atoms in total. The molecule has 0 spiro atoms. The Morgan fingerprint density at radius 3 is 2.37 bits per heavy atom. The Balaban J connectivity index is 2.31. The zero-order chi connectivity index (χ0) is 14.5. The molecule has 1 heterocycles. The number of hydrogen-bond acceptors (Lipinski definition) is 4. The first-order valence-electron chi connectivity index (χ1n) is 6.31. The summed E-state index contributed by atoms with van der Waals surface area (Å²) in [5, 5.41) is 0. The molecule has 0 aromatic carbocycles. The van der Waals surface area contributed by atoms with Gasteiger partial charge in [0.05, 0.1) is 5.69 Å². The van der Waals surface area contributed by atoms with Gasteiger partial charge >= 0.3 is 0 Å². The molecule has 0 aliphatic heterocycles. The van der Waals surface area contributed by atoms with E-state index in [-0.39, 0.29) is 28.3 Å². The summed E-state index contributed by atoms with van der Waals surface area (Å²) in [6.45, 7) is 8.36. The normalized spacial score (nSPS) is 21.3. The number of nitrogens with two attached hydrogens (primary N) is 1. The van der Waals surface area contributed by atoms with E-state index in [2.05, 4.69) is 37.4 Å². The van der Waals surface area contributed by atoms with Gasteiger partial charge in [-0.1, -0.05) is 27.7 Å². The second-order valence-corrected chi connectivity index (χ2v) is 7.83. The fourth-order valence-corrected chi connectivity index (χ4v) is 4.26. The molecule has 0 unspecified atom stereocenters. The van der Waals surface area contributed by atoms with Crippen LogP contribution in [0.4, 0.5) is 0 Å². The first-order valence-corrected chi connectivity index (χ1v) is 7.79. The number of sulfonamides is 1. The van der Waals surface area contributed by atoms with Gasteiger partial charge in [0, 0.05) is 18.8 Å². The highest BCUT2D eigenvalue weighted by molar-refractivity contribution is 7.89. The van der Waals surface area contributed by atoms with Crippen molar-refractivity contribution in [2.45, 2.75) is 45.2 Å². The van der Waals surface area contributed by atoms with Crippen molar-refractivity contribution in [2.75, 3.05) is 0 Å². The molecule has 0 amide bonds. The molecule has 0 radical (unpaired) electrons. The van der Waals surface area contributed by atoms with Gasteiger partial charge in [-0.2, -0.15) is 0 Å². The zero-order valence-corrected chi connectivity index (χ0v) is 12.6. The summed E-state index contributed by atoms with van der Waals surface area (Å²) < 4.78 is 27.6. The standard InChI is InChI=1S/C13H21N3O2S/c1-12(2)11(13(12,3)4)16-19(17,18)10-6-5-7-15-9(10)8-14/h5-7,11,16H,8,14H2,1-4H3. The number of hydrogen-bond donors (Lipinski definition) is 2. The highest BCUT2D eigenvalue weighted by atomic mass is 32.2. The van der Waals surface area contributed by atoms with Crippen LogP contribution in [-0.2, 0) is 16.6 Å². The maximum atomic E-state index is 12.4. The number of rotatable bonds is 4. The van der Waals surface area contributed by atoms with Gasteiger partial charge in [-0.05, 0) is 23.0 Å². The van der Waals surface area contributed by atoms with Gasteiger partial charge in [0.1, 0.15) is 4.90 Å². The Morgan fingerprint density at radius 2 is 1.89 bits per heavy atom. The first-order chi connectivity index (χ1) is 8.64. The van der Waals surface area contributed by atoms with Crippen LogP contribution >= 0.6 is 0 Å². The van der Waals surface area contributed by atoms with Crippen LogP contribution in [0.15, 0.2) is 23.2 Å². The summed E-state index contributed by atoms with van der Waals surface area (Å²) in [4.78, 5) is 4.20. The van der Waals surface area contributed by atoms with E-state index in [4.69, 9.17) is 5.73 Å². The molecule has 0 bridgehead atoms. The van der Waals surface area contributed by atoms with Crippen molar-refractivity contribution < 1.29 is 8.42 Å². The molecule has 3 N–H and O–H groups in total. The van der Waals surface area contributed by atoms with E-state index < -0.39 is 10.0 Å². The predicted octanol–water partition coefficient (Wildman–Crippen LogP) is 1.25. The van der Waals surface area contributed by atoms with Crippen molar-refractivity contribution in [3.05, 3.63) is 24.0 Å². The summed E-state index contributed by atoms with van der Waals surface area (Å²) in [6, 6.07) is 3.08. The Morgan fingerprint density at radius 1 is 1.32 bits per heavy atom. The van der Waals surface area contributed by atoms with E-state index in [1.165, 1.54) is 0 Å². The molecule has 1 aliphatic carbocycles. The lowest BCUT2D eigenvalue weighted by Gasteiger charge is -2.10. The number of nitrogens with one attached hydrogen (secondary N) is 1. The molecule has 1 aliphatic rings. The average Bonchev–Trinajstić information content (AvgIpc) is 2.71. The quantitative estimate of drug-likeness (QED) is 0.871. The predicted molar refractivity (Wildman–Crippen MR) is 73.8 cm³/mol. The van der Waals surface area contributed by atoms with Crippen molar-refractivity contribution in [3.63, 3.8) is 0 Å². The molecule has 106 valence electrons. The van der Waals surface area contributed by atoms with Crippen LogP contribution in [0, 0.1) is 10.8 Å². The van der Waals surface area contributed by atoms with Gasteiger partial charge in [-0.25, -0.2) is 13.1 Å². The molecule has 1 saturated carbocycles. The fourth-order valence-electron chi connectivity index (χ4n) is 2.53. The first kappa shape index (κ1) is 14.4. The summed E-state index contributed by atoms with van der Waals surface area (Å²) in [5.74, 6) is 0. The molecule has 19 heavy (non-hydrogen) atoms. The number of nitrogens with zero attached hydrogens (tertiary/aromatic N) is 1. The summed E-state index contributed by atoms with van der Waals surface area (Å²) in [6.07, 6.45) is 1.55. The van der Waals surface area contributed by atoms with E-state index in [9.17, 15) is 8.42 Å². The minimum absolute atomic E-state index is 0.0504. The van der Waals surface area contributed by atoms with Gasteiger partial charge in [-0.15, -0.1) is 0 Å². The van der Waals surface area contributed by atoms with Gasteiger partial charge in [0.15, 0.2) is 0 Å². The average molecular weight is 283 g/mol. The van der Waals surface area contributed by atoms with Crippen molar-refractivity contribution in [2.24, 2.45) is 16.6 Å². The molecule has 1 aromatic heterocycles. The highest BCUT2D eigenvalue weighted by Crippen LogP contribution is 2.62. The van der Waals surface area contributed by atoms with Gasteiger partial charge in [0.2, 0.25) is 10.0 Å². The third kappa shape index (κ3) is 2.17. The maximum absolute atomic E-state index is 12.4. The Bertz CT molecular complexity index is 580. The molecule has 1 fully saturated rings. The summed E-state index contributed by atoms with van der Waals surface area (Å²) in [5.41, 5.74) is 5.84. The minimum Gasteiger partial charge on any atom is -0.325 e. The van der Waals surface area contributed by atoms with Crippen molar-refractivity contribution in [1.29, 1.82) is 0 Å². The van der Waals surface area contributed by atoms with Gasteiger partial charge < -0.3 is 5.73 Å². The third-order valence-corrected chi connectivity index (χ3v) is 6.12. The van der Waals surface area contributed by atoms with E-state index >= 15 is 0 Å². The lowest BCUT2D eigenvalue weighted by molar-refractivity contribution is 0.457. The van der Waals surface area contributed by atoms with Crippen LogP contribution < -0.4 is 10.5 Å². The van der Waals surface area contributed by atoms with Gasteiger partial charge in [-0.3, -0.25) is 4.98 Å². The second-order valence-electron chi connectivity index (χ2n) is 6.15. The van der Waals surface area contributed by atoms with E-state index in [1.807, 2.05) is 0 Å². The van der Waals surface area contributed by atoms with E-state index in [0.717, 1.165) is 0 Å². The largest absolute Gasteiger partial charge is 0.325 e. The molecule has 0 saturated heterocycles. The lowest BCUT2D eigenvalue weighted by Crippen LogP contribution is -2.31. The highest BCUT2D eigenvalue weighted by Gasteiger charge is 2.66. The summed E-state index contributed by atoms with van der Waals surface area (Å²) in [7, 11) is -3.57. The Kier molecular flexibility index (Phi) is 3.24. The summed E-state index contributed by atoms with van der Waals surface area (Å²) >= 11 is 0. The minimum atomic E-state index is -3.57. The van der Waals surface area contributed by atoms with Crippen LogP contribution in [0.25, 0.3) is 0 Å². The van der Waals surface area contributed by atoms with E-state index in [0.29, 0.717) is 5.69 Å². The second kappa shape index (κ2) is 4.26. The lowest BCUT2D eigenvalue weighted by atomic mass is 10.0. The van der Waals surface area contributed by atoms with Crippen LogP contribution in [0.3, 0.4) is 0 Å². The fraction of sp³-hybridized carbons (Fsp3) is 0.615. The number of pyridine rings is 1. The van der Waals surface area contributed by atoms with Crippen molar-refractivity contribution in [3.8, 4) is 0 Å². The monoisotopic (exact) mass is 283 g/mol. The number of aromatic nitrogens is 1. The molecular formula is C13H21N3O2S. The van der Waals surface area contributed by atoms with Crippen LogP contribution in [0.2, 0.25) is 0 Å². The molecule has 6 heteroatoms. The smallest absolute Gasteiger partial charge is 0.242 e. The van der Waals surface area contributed by atoms with Crippen molar-refractivity contribution >= 4 is 10.0 Å². The topological polar surface area (TPSA) is 85.1 Å². The maximum Gasteiger partial charge on any atom is 0.242 e. The van der Waals surface area contributed by atoms with Crippen molar-refractivity contribution in [1.82, 2.24) is 9.71 Å². The van der Waals surface area contributed by atoms with Crippen LogP contribution in [0.5, 0.6) is 0 Å². The third-order valence-electron chi connectivity index (χ3n) is 4.63. The van der Waals surface area contributed by atoms with Crippen LogP contribution in [0.1, 0.15) is 33.4 Å². The SMILES string of the molecule is CC1(C)C(NS(=O)(=O)c2cccnc2CN)C1(C)C. The van der Waals surface area contributed by atoms with Gasteiger partial charge in [0.25, 0.3) is 0 Å². The molecule has 0 atom stereocenters. The Hall–Kier alpha value is -0.980. The van der Waals surface area contributed by atoms with Crippen LogP contribution in [-0.4, -0.2) is 19.4 Å².